The third kappa shape index (κ3) is 10.2. The molecule has 5 aromatic heterocycles. The van der Waals surface area contributed by atoms with Crippen LogP contribution in [0.4, 0.5) is 0 Å². The van der Waals surface area contributed by atoms with Crippen molar-refractivity contribution in [3.8, 4) is 9.75 Å². The van der Waals surface area contributed by atoms with Crippen molar-refractivity contribution in [3.63, 3.8) is 0 Å². The SMILES string of the molecule is C=C(CCC(C)CCCC(C)C)SC(=C)c1cc2sc3cc4c(cc3c2s1)sc1cc(-c2ccc(CCC(C)CCCC(C)C)s2)sc14.CC. The molecule has 0 N–H and O–H groups in total. The fraction of sp³-hybridized carbons (Fsp3) is 0.500. The van der Waals surface area contributed by atoms with Gasteiger partial charge in [-0.3, -0.25) is 0 Å². The van der Waals surface area contributed by atoms with E-state index in [9.17, 15) is 0 Å². The lowest BCUT2D eigenvalue weighted by atomic mass is 9.96. The van der Waals surface area contributed by atoms with Gasteiger partial charge in [0.25, 0.3) is 0 Å². The maximum Gasteiger partial charge on any atom is 0.0536 e. The maximum absolute atomic E-state index is 4.48. The monoisotopic (exact) mass is 778 g/mol. The zero-order valence-electron chi connectivity index (χ0n) is 31.7. The summed E-state index contributed by atoms with van der Waals surface area (Å²) in [6.07, 6.45) is 12.9. The molecule has 1 aromatic carbocycles. The van der Waals surface area contributed by atoms with E-state index in [1.807, 2.05) is 70.5 Å². The van der Waals surface area contributed by atoms with Crippen molar-refractivity contribution in [2.24, 2.45) is 23.7 Å². The third-order valence-electron chi connectivity index (χ3n) is 9.61. The molecule has 2 unspecified atom stereocenters. The Morgan fingerprint density at radius 2 is 1.18 bits per heavy atom. The smallest absolute Gasteiger partial charge is 0.0536 e. The maximum atomic E-state index is 4.48. The van der Waals surface area contributed by atoms with Crippen LogP contribution >= 0.6 is 68.4 Å². The molecule has 0 aliphatic carbocycles. The summed E-state index contributed by atoms with van der Waals surface area (Å²) >= 11 is 11.6. The highest BCUT2D eigenvalue weighted by Crippen LogP contribution is 2.49. The van der Waals surface area contributed by atoms with Crippen LogP contribution in [0.3, 0.4) is 0 Å². The van der Waals surface area contributed by atoms with Crippen molar-refractivity contribution < 1.29 is 0 Å². The average molecular weight is 779 g/mol. The Balaban J connectivity index is 0.00000239. The summed E-state index contributed by atoms with van der Waals surface area (Å²) in [6, 6.07) is 14.5. The number of allylic oxidation sites excluding steroid dienone is 1. The molecule has 0 radical (unpaired) electrons. The van der Waals surface area contributed by atoms with Crippen molar-refractivity contribution in [3.05, 3.63) is 64.2 Å². The molecule has 5 heterocycles. The molecule has 270 valence electrons. The van der Waals surface area contributed by atoms with Gasteiger partial charge in [0, 0.05) is 54.0 Å². The number of aryl methyl sites for hydroxylation is 1. The first-order valence-electron chi connectivity index (χ1n) is 19.0. The molecule has 6 heteroatoms. The van der Waals surface area contributed by atoms with Crippen LogP contribution in [0, 0.1) is 23.7 Å². The minimum absolute atomic E-state index is 0.764. The molecule has 0 amide bonds. The molecule has 0 saturated heterocycles. The average Bonchev–Trinajstić information content (AvgIpc) is 3.89. The van der Waals surface area contributed by atoms with Crippen LogP contribution in [-0.2, 0) is 6.42 Å². The summed E-state index contributed by atoms with van der Waals surface area (Å²) in [5.41, 5.74) is 0. The Hall–Kier alpha value is -1.41. The van der Waals surface area contributed by atoms with Gasteiger partial charge >= 0.3 is 0 Å². The van der Waals surface area contributed by atoms with E-state index < -0.39 is 0 Å². The van der Waals surface area contributed by atoms with Gasteiger partial charge in [-0.2, -0.15) is 0 Å². The summed E-state index contributed by atoms with van der Waals surface area (Å²) in [6.45, 7) is 27.0. The van der Waals surface area contributed by atoms with Gasteiger partial charge in [-0.05, 0) is 90.7 Å². The van der Waals surface area contributed by atoms with Crippen molar-refractivity contribution in [1.82, 2.24) is 0 Å². The van der Waals surface area contributed by atoms with Crippen molar-refractivity contribution in [1.29, 1.82) is 0 Å². The summed E-state index contributed by atoms with van der Waals surface area (Å²) < 4.78 is 8.49. The lowest BCUT2D eigenvalue weighted by Gasteiger charge is -2.13. The number of fused-ring (bicyclic) bond motifs is 6. The molecule has 2 atom stereocenters. The first kappa shape index (κ1) is 39.8. The van der Waals surface area contributed by atoms with E-state index in [1.54, 1.807) is 11.8 Å². The molecule has 0 aliphatic rings. The molecule has 50 heavy (non-hydrogen) atoms. The number of thioether (sulfide) groups is 1. The predicted octanol–water partition coefficient (Wildman–Crippen LogP) is 18.2. The lowest BCUT2D eigenvalue weighted by Crippen LogP contribution is -1.98. The van der Waals surface area contributed by atoms with Crippen LogP contribution in [0.1, 0.15) is 123 Å². The van der Waals surface area contributed by atoms with Crippen molar-refractivity contribution in [2.75, 3.05) is 0 Å². The highest BCUT2D eigenvalue weighted by Gasteiger charge is 2.18. The second-order valence-electron chi connectivity index (χ2n) is 14.9. The van der Waals surface area contributed by atoms with Gasteiger partial charge in [-0.25, -0.2) is 0 Å². The summed E-state index contributed by atoms with van der Waals surface area (Å²) in [7, 11) is 0. The van der Waals surface area contributed by atoms with Gasteiger partial charge < -0.3 is 0 Å². The molecule has 0 spiro atoms. The third-order valence-corrected chi connectivity index (χ3v) is 16.9. The number of thiophene rings is 5. The van der Waals surface area contributed by atoms with Crippen LogP contribution in [0.2, 0.25) is 0 Å². The number of benzene rings is 1. The Kier molecular flexibility index (Phi) is 14.8. The zero-order chi connectivity index (χ0) is 35.9. The van der Waals surface area contributed by atoms with Gasteiger partial charge in [0.1, 0.15) is 0 Å². The predicted molar refractivity (Wildman–Crippen MR) is 242 cm³/mol. The molecule has 0 bridgehead atoms. The first-order valence-corrected chi connectivity index (χ1v) is 23.9. The Bertz CT molecular complexity index is 2000. The standard InChI is InChI=1S/C42H52S6.C2H6/c1-25(2)11-9-13-27(5)15-17-29(7)43-30(8)35-23-39-41(47-35)32-21-37-33(22-36(32)45-39)42-40(46-37)24-38(48-42)34-20-19-31(44-34)18-16-28(6)14-10-12-26(3)4;1-2/h19-28H,7-18H2,1-6H3;1-2H3. The van der Waals surface area contributed by atoms with Crippen LogP contribution in [0.5, 0.6) is 0 Å². The van der Waals surface area contributed by atoms with E-state index in [1.165, 1.54) is 121 Å². The van der Waals surface area contributed by atoms with Gasteiger partial charge in [0.15, 0.2) is 0 Å². The van der Waals surface area contributed by atoms with Crippen molar-refractivity contribution in [2.45, 2.75) is 120 Å². The summed E-state index contributed by atoms with van der Waals surface area (Å²) in [4.78, 5) is 8.08. The van der Waals surface area contributed by atoms with Crippen LogP contribution in [-0.4, -0.2) is 0 Å². The minimum Gasteiger partial charge on any atom is -0.139 e. The largest absolute Gasteiger partial charge is 0.139 e. The molecule has 6 aromatic rings. The first-order chi connectivity index (χ1) is 24.0. The topological polar surface area (TPSA) is 0 Å². The Morgan fingerprint density at radius 1 is 0.600 bits per heavy atom. The second-order valence-corrected chi connectivity index (χ2v) is 21.6. The molecule has 6 rings (SSSR count). The quantitative estimate of drug-likeness (QED) is 0.0837. The van der Waals surface area contributed by atoms with Gasteiger partial charge in [-0.15, -0.1) is 56.7 Å². The summed E-state index contributed by atoms with van der Waals surface area (Å²) in [5, 5.41) is 2.83. The van der Waals surface area contributed by atoms with Gasteiger partial charge in [0.2, 0.25) is 0 Å². The van der Waals surface area contributed by atoms with Gasteiger partial charge in [-0.1, -0.05) is 119 Å². The highest BCUT2D eigenvalue weighted by atomic mass is 32.2. The fourth-order valence-corrected chi connectivity index (χ4v) is 13.6. The highest BCUT2D eigenvalue weighted by molar-refractivity contribution is 8.11. The Labute approximate surface area is 327 Å². The molecular weight excluding hydrogens is 721 g/mol. The van der Waals surface area contributed by atoms with Crippen LogP contribution in [0.15, 0.2) is 54.5 Å². The fourth-order valence-electron chi connectivity index (χ4n) is 6.61. The molecule has 0 saturated carbocycles. The van der Waals surface area contributed by atoms with E-state index in [2.05, 4.69) is 91.1 Å². The molecular formula is C44H58S6. The molecule has 0 aliphatic heterocycles. The number of hydrogen-bond donors (Lipinski definition) is 0. The normalized spacial score (nSPS) is 13.2. The minimum atomic E-state index is 0.764. The van der Waals surface area contributed by atoms with Gasteiger partial charge in [0.05, 0.1) is 9.40 Å². The second kappa shape index (κ2) is 18.6. The number of rotatable bonds is 18. The van der Waals surface area contributed by atoms with Crippen LogP contribution < -0.4 is 0 Å². The lowest BCUT2D eigenvalue weighted by molar-refractivity contribution is 0.437. The van der Waals surface area contributed by atoms with Crippen LogP contribution in [0.25, 0.3) is 53.6 Å². The van der Waals surface area contributed by atoms with E-state index >= 15 is 0 Å². The molecule has 0 fully saturated rings. The van der Waals surface area contributed by atoms with Crippen molar-refractivity contribution >= 4 is 112 Å². The molecule has 0 nitrogen and oxygen atoms in total. The zero-order valence-corrected chi connectivity index (χ0v) is 36.6. The Morgan fingerprint density at radius 3 is 1.80 bits per heavy atom. The summed E-state index contributed by atoms with van der Waals surface area (Å²) in [5.74, 6) is 3.21. The van der Waals surface area contributed by atoms with E-state index in [-0.39, 0.29) is 0 Å². The van der Waals surface area contributed by atoms with E-state index in [4.69, 9.17) is 0 Å². The van der Waals surface area contributed by atoms with E-state index in [0.717, 1.165) is 35.0 Å². The number of hydrogen-bond acceptors (Lipinski definition) is 6. The van der Waals surface area contributed by atoms with E-state index in [0.29, 0.717) is 0 Å².